The summed E-state index contributed by atoms with van der Waals surface area (Å²) in [6, 6.07) is 1.53. The highest BCUT2D eigenvalue weighted by Gasteiger charge is 2.39. The van der Waals surface area contributed by atoms with E-state index < -0.39 is 11.6 Å². The minimum Gasteiger partial charge on any atom is -0.477 e. The van der Waals surface area contributed by atoms with Gasteiger partial charge in [-0.1, -0.05) is 18.8 Å². The van der Waals surface area contributed by atoms with Crippen LogP contribution < -0.4 is 4.90 Å². The van der Waals surface area contributed by atoms with Crippen LogP contribution in [-0.2, 0) is 19.1 Å². The molecule has 0 aromatic carbocycles. The predicted octanol–water partition coefficient (Wildman–Crippen LogP) is 7.50. The first-order valence-electron chi connectivity index (χ1n) is 16.9. The average molecular weight is 657 g/mol. The smallest absolute Gasteiger partial charge is 0.410 e. The first-order chi connectivity index (χ1) is 21.5. The molecule has 3 aliphatic rings. The van der Waals surface area contributed by atoms with Crippen molar-refractivity contribution in [3.05, 3.63) is 15.8 Å². The molecule has 2 heterocycles. The van der Waals surface area contributed by atoms with Crippen LogP contribution in [0.4, 0.5) is 10.5 Å². The van der Waals surface area contributed by atoms with Crippen LogP contribution in [0.3, 0.4) is 0 Å². The van der Waals surface area contributed by atoms with Crippen molar-refractivity contribution in [2.45, 2.75) is 130 Å². The predicted molar refractivity (Wildman–Crippen MR) is 179 cm³/mol. The molecule has 1 aliphatic heterocycles. The highest BCUT2D eigenvalue weighted by molar-refractivity contribution is 7.15. The van der Waals surface area contributed by atoms with E-state index in [4.69, 9.17) is 9.47 Å². The molecule has 2 saturated carbocycles. The molecular formula is C36H52N2O7S. The van der Waals surface area contributed by atoms with Gasteiger partial charge in [-0.05, 0) is 118 Å². The number of carbonyl (C=O) groups is 4. The van der Waals surface area contributed by atoms with Gasteiger partial charge >= 0.3 is 18.0 Å². The van der Waals surface area contributed by atoms with E-state index in [9.17, 15) is 24.3 Å². The number of anilines is 1. The molecule has 10 heteroatoms. The van der Waals surface area contributed by atoms with Crippen LogP contribution >= 0.6 is 11.3 Å². The first-order valence-corrected chi connectivity index (χ1v) is 17.7. The number of aromatic carboxylic acids is 1. The Hall–Kier alpha value is -3.06. The maximum absolute atomic E-state index is 14.2. The average Bonchev–Trinajstić information content (AvgIpc) is 3.40. The number of ether oxygens (including phenoxy) is 2. The van der Waals surface area contributed by atoms with Gasteiger partial charge in [-0.3, -0.25) is 9.59 Å². The molecule has 0 atom stereocenters. The van der Waals surface area contributed by atoms with Gasteiger partial charge in [-0.15, -0.1) is 11.3 Å². The van der Waals surface area contributed by atoms with Gasteiger partial charge in [0.15, 0.2) is 0 Å². The van der Waals surface area contributed by atoms with Crippen molar-refractivity contribution in [1.82, 2.24) is 4.90 Å². The third-order valence-electron chi connectivity index (χ3n) is 9.10. The summed E-state index contributed by atoms with van der Waals surface area (Å²) in [5, 5.41) is 10.2. The maximum atomic E-state index is 14.2. The zero-order valence-electron chi connectivity index (χ0n) is 28.6. The largest absolute Gasteiger partial charge is 0.477 e. The van der Waals surface area contributed by atoms with Gasteiger partial charge in [0, 0.05) is 30.5 Å². The van der Waals surface area contributed by atoms with Crippen LogP contribution in [0.1, 0.15) is 127 Å². The van der Waals surface area contributed by atoms with E-state index in [-0.39, 0.29) is 52.2 Å². The Kier molecular flexibility index (Phi) is 11.5. The normalized spacial score (nSPS) is 24.4. The number of carboxylic acid groups (broad SMARTS) is 1. The van der Waals surface area contributed by atoms with Crippen molar-refractivity contribution in [3.63, 3.8) is 0 Å². The Balaban J connectivity index is 1.44. The number of piperidine rings is 1. The molecule has 0 radical (unpaired) electrons. The van der Waals surface area contributed by atoms with Crippen LogP contribution in [0, 0.1) is 35.0 Å². The molecule has 254 valence electrons. The molecule has 4 rings (SSSR count). The third kappa shape index (κ3) is 9.73. The van der Waals surface area contributed by atoms with Crippen molar-refractivity contribution in [1.29, 1.82) is 0 Å². The number of likely N-dealkylation sites (tertiary alicyclic amines) is 1. The van der Waals surface area contributed by atoms with E-state index >= 15 is 0 Å². The van der Waals surface area contributed by atoms with Crippen LogP contribution in [0.25, 0.3) is 0 Å². The van der Waals surface area contributed by atoms with Crippen molar-refractivity contribution < 1.29 is 33.8 Å². The minimum absolute atomic E-state index is 0.0229. The van der Waals surface area contributed by atoms with E-state index in [1.165, 1.54) is 0 Å². The van der Waals surface area contributed by atoms with E-state index in [0.717, 1.165) is 37.0 Å². The van der Waals surface area contributed by atoms with Gasteiger partial charge < -0.3 is 24.4 Å². The van der Waals surface area contributed by atoms with E-state index in [2.05, 4.69) is 18.8 Å². The lowest BCUT2D eigenvalue weighted by molar-refractivity contribution is -0.161. The van der Waals surface area contributed by atoms with Gasteiger partial charge in [-0.25, -0.2) is 9.59 Å². The minimum atomic E-state index is -1.07. The standard InChI is InChI=1S/C36H52N2O7S/c1-23-8-10-24(11-9-23)31(39)38(29-22-28(16-19-35(2,3)4)46-30(29)32(40)41)26-17-20-37(21-18-26)34(43)44-27-14-12-25(13-15-27)33(42)45-36(5,6)7/h22-27H,8-15,17-18,20-21H2,1-7H3,(H,40,41). The topological polar surface area (TPSA) is 113 Å². The first kappa shape index (κ1) is 35.8. The summed E-state index contributed by atoms with van der Waals surface area (Å²) in [5.41, 5.74) is -0.356. The van der Waals surface area contributed by atoms with Gasteiger partial charge in [0.1, 0.15) is 16.6 Å². The summed E-state index contributed by atoms with van der Waals surface area (Å²) < 4.78 is 11.4. The van der Waals surface area contributed by atoms with E-state index in [1.54, 1.807) is 15.9 Å². The molecule has 1 aromatic rings. The van der Waals surface area contributed by atoms with Crippen molar-refractivity contribution >= 4 is 41.0 Å². The Labute approximate surface area is 278 Å². The Morgan fingerprint density at radius 3 is 2.02 bits per heavy atom. The Morgan fingerprint density at radius 1 is 0.891 bits per heavy atom. The van der Waals surface area contributed by atoms with E-state index in [0.29, 0.717) is 68.1 Å². The second-order valence-corrected chi connectivity index (χ2v) is 16.5. The molecule has 0 bridgehead atoms. The van der Waals surface area contributed by atoms with Crippen molar-refractivity contribution in [2.75, 3.05) is 18.0 Å². The van der Waals surface area contributed by atoms with Crippen LogP contribution in [0.2, 0.25) is 0 Å². The van der Waals surface area contributed by atoms with Gasteiger partial charge in [0.25, 0.3) is 0 Å². The lowest BCUT2D eigenvalue weighted by atomic mass is 9.82. The summed E-state index contributed by atoms with van der Waals surface area (Å²) in [5.74, 6) is 5.29. The molecule has 0 unspecified atom stereocenters. The second kappa shape index (κ2) is 14.8. The number of hydrogen-bond donors (Lipinski definition) is 1. The van der Waals surface area contributed by atoms with Crippen LogP contribution in [0.15, 0.2) is 6.07 Å². The fraction of sp³-hybridized carbons (Fsp3) is 0.722. The fourth-order valence-corrected chi connectivity index (χ4v) is 7.39. The number of carbonyl (C=O) groups excluding carboxylic acids is 3. The highest BCUT2D eigenvalue weighted by Crippen LogP contribution is 2.38. The number of esters is 1. The molecule has 0 spiro atoms. The lowest BCUT2D eigenvalue weighted by Gasteiger charge is -2.40. The SMILES string of the molecule is CC1CCC(C(=O)N(c2cc(C#CC(C)(C)C)sc2C(=O)O)C2CCN(C(=O)OC3CCC(C(=O)OC(C)(C)C)CC3)CC2)CC1. The maximum Gasteiger partial charge on any atom is 0.410 e. The Morgan fingerprint density at radius 2 is 1.48 bits per heavy atom. The lowest BCUT2D eigenvalue weighted by Crippen LogP contribution is -2.51. The van der Waals surface area contributed by atoms with E-state index in [1.807, 2.05) is 41.5 Å². The molecule has 1 N–H and O–H groups in total. The zero-order valence-corrected chi connectivity index (χ0v) is 29.5. The second-order valence-electron chi connectivity index (χ2n) is 15.4. The molecule has 2 aliphatic carbocycles. The number of nitrogens with zero attached hydrogens (tertiary/aromatic N) is 2. The van der Waals surface area contributed by atoms with Gasteiger partial charge in [0.05, 0.1) is 16.5 Å². The number of hydrogen-bond acceptors (Lipinski definition) is 7. The fourth-order valence-electron chi connectivity index (χ4n) is 6.55. The summed E-state index contributed by atoms with van der Waals surface area (Å²) in [6.45, 7) is 14.6. The van der Waals surface area contributed by atoms with Crippen LogP contribution in [0.5, 0.6) is 0 Å². The van der Waals surface area contributed by atoms with Gasteiger partial charge in [-0.2, -0.15) is 0 Å². The zero-order chi connectivity index (χ0) is 33.8. The molecule has 9 nitrogen and oxygen atoms in total. The number of thiophene rings is 1. The summed E-state index contributed by atoms with van der Waals surface area (Å²) in [7, 11) is 0. The molecule has 3 fully saturated rings. The number of amides is 2. The molecule has 2 amide bonds. The van der Waals surface area contributed by atoms with Gasteiger partial charge in [0.2, 0.25) is 5.91 Å². The Bertz CT molecular complexity index is 1320. The third-order valence-corrected chi connectivity index (χ3v) is 10.1. The molecular weight excluding hydrogens is 604 g/mol. The molecule has 46 heavy (non-hydrogen) atoms. The highest BCUT2D eigenvalue weighted by atomic mass is 32.1. The summed E-state index contributed by atoms with van der Waals surface area (Å²) >= 11 is 1.11. The molecule has 1 saturated heterocycles. The molecule has 1 aromatic heterocycles. The van der Waals surface area contributed by atoms with Crippen LogP contribution in [-0.4, -0.2) is 64.8 Å². The summed E-state index contributed by atoms with van der Waals surface area (Å²) in [6.07, 6.45) is 6.45. The van der Waals surface area contributed by atoms with Crippen molar-refractivity contribution in [3.8, 4) is 11.8 Å². The van der Waals surface area contributed by atoms with Crippen molar-refractivity contribution in [2.24, 2.45) is 23.2 Å². The monoisotopic (exact) mass is 656 g/mol. The summed E-state index contributed by atoms with van der Waals surface area (Å²) in [4.78, 5) is 56.5. The number of carboxylic acids is 1. The number of rotatable bonds is 6. The quantitative estimate of drug-likeness (QED) is 0.249.